The second-order valence-corrected chi connectivity index (χ2v) is 7.93. The maximum absolute atomic E-state index is 9.48. The van der Waals surface area contributed by atoms with Gasteiger partial charge in [-0.2, -0.15) is 5.26 Å². The zero-order chi connectivity index (χ0) is 20.7. The van der Waals surface area contributed by atoms with Crippen LogP contribution in [0, 0.1) is 17.9 Å². The first-order valence-corrected chi connectivity index (χ1v) is 10.2. The summed E-state index contributed by atoms with van der Waals surface area (Å²) in [5.74, 6) is 0. The lowest BCUT2D eigenvalue weighted by atomic mass is 10.0. The van der Waals surface area contributed by atoms with E-state index in [1.165, 1.54) is 0 Å². The fourth-order valence-electron chi connectivity index (χ4n) is 3.95. The minimum absolute atomic E-state index is 0.618. The number of hydrogen-bond donors (Lipinski definition) is 0. The summed E-state index contributed by atoms with van der Waals surface area (Å²) in [5, 5.41) is 11.6. The van der Waals surface area contributed by atoms with Crippen molar-refractivity contribution < 1.29 is 0 Å². The molecular formula is C26H14BrN3. The molecule has 0 unspecified atom stereocenters. The summed E-state index contributed by atoms with van der Waals surface area (Å²) in [6, 6.07) is 30.2. The molecule has 3 nitrogen and oxygen atoms in total. The van der Waals surface area contributed by atoms with Crippen LogP contribution < -0.4 is 0 Å². The van der Waals surface area contributed by atoms with Crippen molar-refractivity contribution in [3.8, 4) is 22.9 Å². The monoisotopic (exact) mass is 447 g/mol. The van der Waals surface area contributed by atoms with Crippen LogP contribution in [0.1, 0.15) is 5.56 Å². The SMILES string of the molecule is [C-]#[N+]c1ccc2c(c1)c1ccccc1n2-c1ccc(C#N)cc1-c1ccc(Br)cc1. The fourth-order valence-corrected chi connectivity index (χ4v) is 4.22. The molecule has 5 aromatic rings. The number of benzene rings is 4. The van der Waals surface area contributed by atoms with Crippen molar-refractivity contribution in [1.82, 2.24) is 4.57 Å². The molecule has 0 N–H and O–H groups in total. The van der Waals surface area contributed by atoms with Crippen LogP contribution >= 0.6 is 15.9 Å². The lowest BCUT2D eigenvalue weighted by Crippen LogP contribution is -1.98. The highest BCUT2D eigenvalue weighted by Gasteiger charge is 2.16. The Kier molecular flexibility index (Phi) is 4.36. The van der Waals surface area contributed by atoms with Gasteiger partial charge < -0.3 is 4.57 Å². The Morgan fingerprint density at radius 2 is 1.60 bits per heavy atom. The van der Waals surface area contributed by atoms with Gasteiger partial charge in [0.2, 0.25) is 0 Å². The van der Waals surface area contributed by atoms with Crippen molar-refractivity contribution in [2.24, 2.45) is 0 Å². The highest BCUT2D eigenvalue weighted by molar-refractivity contribution is 9.10. The van der Waals surface area contributed by atoms with Gasteiger partial charge in [0.05, 0.1) is 34.9 Å². The molecule has 4 aromatic carbocycles. The molecule has 0 aliphatic rings. The van der Waals surface area contributed by atoms with E-state index < -0.39 is 0 Å². The van der Waals surface area contributed by atoms with Crippen molar-refractivity contribution in [3.63, 3.8) is 0 Å². The Hall–Kier alpha value is -3.86. The standard InChI is InChI=1S/C26H14BrN3/c1-29-20-11-13-26-23(15-20)21-4-2-3-5-24(21)30(26)25-12-6-17(16-28)14-22(25)18-7-9-19(27)10-8-18/h2-15H. The molecule has 1 aromatic heterocycles. The third-order valence-corrected chi connectivity index (χ3v) is 5.84. The summed E-state index contributed by atoms with van der Waals surface area (Å²) < 4.78 is 3.23. The quantitative estimate of drug-likeness (QED) is 0.256. The molecule has 0 amide bonds. The largest absolute Gasteiger partial charge is 0.309 e. The van der Waals surface area contributed by atoms with Crippen LogP contribution in [-0.4, -0.2) is 4.57 Å². The van der Waals surface area contributed by atoms with Crippen LogP contribution in [0.5, 0.6) is 0 Å². The van der Waals surface area contributed by atoms with E-state index >= 15 is 0 Å². The summed E-state index contributed by atoms with van der Waals surface area (Å²) in [6.07, 6.45) is 0. The Morgan fingerprint density at radius 1 is 0.833 bits per heavy atom. The van der Waals surface area contributed by atoms with Crippen LogP contribution in [0.2, 0.25) is 0 Å². The highest BCUT2D eigenvalue weighted by Crippen LogP contribution is 2.38. The number of nitriles is 1. The number of fused-ring (bicyclic) bond motifs is 3. The maximum Gasteiger partial charge on any atom is 0.188 e. The fraction of sp³-hybridized carbons (Fsp3) is 0. The number of para-hydroxylation sites is 1. The third kappa shape index (κ3) is 2.87. The summed E-state index contributed by atoms with van der Waals surface area (Å²) >= 11 is 3.50. The number of aromatic nitrogens is 1. The average molecular weight is 448 g/mol. The summed E-state index contributed by atoms with van der Waals surface area (Å²) in [6.45, 7) is 7.39. The van der Waals surface area contributed by atoms with Crippen molar-refractivity contribution in [1.29, 1.82) is 5.26 Å². The van der Waals surface area contributed by atoms with Crippen molar-refractivity contribution >= 4 is 43.4 Å². The van der Waals surface area contributed by atoms with Crippen LogP contribution in [0.25, 0.3) is 43.5 Å². The van der Waals surface area contributed by atoms with Gasteiger partial charge in [-0.1, -0.05) is 52.3 Å². The Labute approximate surface area is 182 Å². The summed E-state index contributed by atoms with van der Waals surface area (Å²) in [4.78, 5) is 3.61. The van der Waals surface area contributed by atoms with Crippen LogP contribution in [0.3, 0.4) is 0 Å². The molecule has 0 atom stereocenters. The van der Waals surface area contributed by atoms with Gasteiger partial charge in [-0.25, -0.2) is 4.85 Å². The molecule has 140 valence electrons. The van der Waals surface area contributed by atoms with E-state index in [2.05, 4.69) is 55.7 Å². The predicted molar refractivity (Wildman–Crippen MR) is 125 cm³/mol. The van der Waals surface area contributed by atoms with Crippen LogP contribution in [0.4, 0.5) is 5.69 Å². The second-order valence-electron chi connectivity index (χ2n) is 7.02. The van der Waals surface area contributed by atoms with Crippen molar-refractivity contribution in [3.05, 3.63) is 106 Å². The number of halogens is 1. The number of hydrogen-bond acceptors (Lipinski definition) is 1. The number of nitrogens with zero attached hydrogens (tertiary/aromatic N) is 3. The van der Waals surface area contributed by atoms with Gasteiger partial charge in [-0.05, 0) is 59.5 Å². The zero-order valence-electron chi connectivity index (χ0n) is 15.8. The highest BCUT2D eigenvalue weighted by atomic mass is 79.9. The maximum atomic E-state index is 9.48. The molecule has 30 heavy (non-hydrogen) atoms. The van der Waals surface area contributed by atoms with Gasteiger partial charge in [0, 0.05) is 15.4 Å². The summed E-state index contributed by atoms with van der Waals surface area (Å²) in [5.41, 5.74) is 6.36. The number of rotatable bonds is 2. The van der Waals surface area contributed by atoms with Crippen LogP contribution in [-0.2, 0) is 0 Å². The molecule has 0 saturated carbocycles. The second kappa shape index (κ2) is 7.19. The Morgan fingerprint density at radius 3 is 2.37 bits per heavy atom. The molecule has 4 heteroatoms. The normalized spacial score (nSPS) is 10.8. The molecule has 0 aliphatic heterocycles. The molecule has 5 rings (SSSR count). The van der Waals surface area contributed by atoms with Gasteiger partial charge in [0.1, 0.15) is 0 Å². The van der Waals surface area contributed by atoms with Crippen LogP contribution in [0.15, 0.2) is 89.4 Å². The molecule has 0 saturated heterocycles. The van der Waals surface area contributed by atoms with E-state index in [9.17, 15) is 5.26 Å². The van der Waals surface area contributed by atoms with Gasteiger partial charge in [0.15, 0.2) is 5.69 Å². The first kappa shape index (κ1) is 18.2. The molecule has 0 fully saturated rings. The van der Waals surface area contributed by atoms with E-state index in [4.69, 9.17) is 6.57 Å². The first-order valence-electron chi connectivity index (χ1n) is 9.41. The average Bonchev–Trinajstić information content (AvgIpc) is 3.12. The van der Waals surface area contributed by atoms with E-state index in [1.807, 2.05) is 60.7 Å². The van der Waals surface area contributed by atoms with E-state index in [0.29, 0.717) is 11.3 Å². The smallest absolute Gasteiger partial charge is 0.188 e. The lowest BCUT2D eigenvalue weighted by Gasteiger charge is -2.14. The third-order valence-electron chi connectivity index (χ3n) is 5.31. The predicted octanol–water partition coefficient (Wildman–Crippen LogP) is 7.64. The summed E-state index contributed by atoms with van der Waals surface area (Å²) in [7, 11) is 0. The lowest BCUT2D eigenvalue weighted by molar-refractivity contribution is 1.18. The van der Waals surface area contributed by atoms with E-state index in [0.717, 1.165) is 43.1 Å². The van der Waals surface area contributed by atoms with E-state index in [-0.39, 0.29) is 0 Å². The molecule has 0 radical (unpaired) electrons. The zero-order valence-corrected chi connectivity index (χ0v) is 17.4. The molecule has 0 spiro atoms. The molecule has 0 bridgehead atoms. The minimum Gasteiger partial charge on any atom is -0.309 e. The Bertz CT molecular complexity index is 1510. The molecule has 1 heterocycles. The van der Waals surface area contributed by atoms with Gasteiger partial charge >= 0.3 is 0 Å². The first-order chi connectivity index (χ1) is 14.7. The van der Waals surface area contributed by atoms with Gasteiger partial charge in [-0.15, -0.1) is 0 Å². The minimum atomic E-state index is 0.618. The molecule has 0 aliphatic carbocycles. The van der Waals surface area contributed by atoms with Crippen molar-refractivity contribution in [2.45, 2.75) is 0 Å². The molecular weight excluding hydrogens is 434 g/mol. The topological polar surface area (TPSA) is 33.1 Å². The van der Waals surface area contributed by atoms with Gasteiger partial charge in [0.25, 0.3) is 0 Å². The Balaban J connectivity index is 1.90. The van der Waals surface area contributed by atoms with E-state index in [1.54, 1.807) is 0 Å². The van der Waals surface area contributed by atoms with Crippen molar-refractivity contribution in [2.75, 3.05) is 0 Å². The van der Waals surface area contributed by atoms with Gasteiger partial charge in [-0.3, -0.25) is 0 Å².